The Bertz CT molecular complexity index is 1800. The van der Waals surface area contributed by atoms with Gasteiger partial charge in [-0.1, -0.05) is 62.4 Å². The second-order valence-corrected chi connectivity index (χ2v) is 13.5. The van der Waals surface area contributed by atoms with Gasteiger partial charge < -0.3 is 38.3 Å². The molecule has 0 aromatic heterocycles. The van der Waals surface area contributed by atoms with Crippen molar-refractivity contribution in [3.63, 3.8) is 0 Å². The van der Waals surface area contributed by atoms with Crippen molar-refractivity contribution in [2.75, 3.05) is 13.7 Å². The second kappa shape index (κ2) is 13.9. The fourth-order valence-corrected chi connectivity index (χ4v) is 7.54. The van der Waals surface area contributed by atoms with Gasteiger partial charge in [0.15, 0.2) is 17.6 Å². The first-order valence-corrected chi connectivity index (χ1v) is 16.8. The molecule has 1 aliphatic heterocycles. The lowest BCUT2D eigenvalue weighted by molar-refractivity contribution is -0.195. The molecule has 1 spiro atoms. The van der Waals surface area contributed by atoms with Crippen LogP contribution in [0.1, 0.15) is 63.3 Å². The zero-order valence-electron chi connectivity index (χ0n) is 28.9. The number of carbonyl (C=O) groups excluding carboxylic acids is 5. The van der Waals surface area contributed by atoms with Crippen LogP contribution in [0, 0.1) is 11.8 Å². The van der Waals surface area contributed by atoms with Crippen molar-refractivity contribution in [2.45, 2.75) is 82.4 Å². The maximum Gasteiger partial charge on any atom is 0.357 e. The first kappa shape index (κ1) is 35.6. The van der Waals surface area contributed by atoms with Crippen LogP contribution in [0.4, 0.5) is 0 Å². The lowest BCUT2D eigenvalue weighted by Gasteiger charge is -2.56. The average molecular weight is 705 g/mol. The molecule has 0 saturated heterocycles. The van der Waals surface area contributed by atoms with Crippen molar-refractivity contribution in [1.82, 2.24) is 0 Å². The van der Waals surface area contributed by atoms with Crippen LogP contribution < -0.4 is 9.47 Å². The SMILES string of the molecule is COc1ccc2c3c1O[C@H]1C(OC(=O)[C@H](OC(C)=O)[C@@H](OC(C)=O)C(=O)O[C@H](C(=O)OCC(C)C)c4ccccc4)=CC[C@@]4(O)[C@H](CC=C[C@]314)C2. The number of benzene rings is 2. The van der Waals surface area contributed by atoms with Crippen molar-refractivity contribution < 1.29 is 62.2 Å². The van der Waals surface area contributed by atoms with Crippen molar-refractivity contribution in [2.24, 2.45) is 11.8 Å². The highest BCUT2D eigenvalue weighted by molar-refractivity contribution is 5.91. The highest BCUT2D eigenvalue weighted by atomic mass is 16.7. The number of methoxy groups -OCH3 is 1. The van der Waals surface area contributed by atoms with E-state index in [1.54, 1.807) is 24.3 Å². The lowest BCUT2D eigenvalue weighted by Crippen LogP contribution is -2.66. The molecule has 270 valence electrons. The quantitative estimate of drug-likeness (QED) is 0.193. The molecule has 2 bridgehead atoms. The third kappa shape index (κ3) is 6.24. The average Bonchev–Trinajstić information content (AvgIpc) is 3.44. The standard InChI is InChI=1S/C38H40O13/c1-20(2)19-46-34(41)29(23-10-7-6-8-11-23)51-36(43)32(48-22(4)40)31(47-21(3)39)35(42)49-27-15-17-38(44)25-12-9-16-37(38)28-24(18-25)13-14-26(45-5)30(28)50-33(27)37/h6-11,13-16,20,25,29,31-33,44H,12,17-19H2,1-5H3/t25-,29+,31-,32-,33+,37+,38-/m1/s1. The number of hydrogen-bond donors (Lipinski definition) is 1. The molecule has 0 fully saturated rings. The predicted octanol–water partition coefficient (Wildman–Crippen LogP) is 3.74. The fourth-order valence-electron chi connectivity index (χ4n) is 7.54. The third-order valence-electron chi connectivity index (χ3n) is 9.68. The van der Waals surface area contributed by atoms with Crippen LogP contribution in [0.5, 0.6) is 11.5 Å². The highest BCUT2D eigenvalue weighted by Gasteiger charge is 2.70. The Labute approximate surface area is 294 Å². The molecule has 0 saturated carbocycles. The number of hydrogen-bond acceptors (Lipinski definition) is 13. The summed E-state index contributed by atoms with van der Waals surface area (Å²) in [6, 6.07) is 11.7. The van der Waals surface area contributed by atoms with Gasteiger partial charge in [0.25, 0.3) is 0 Å². The minimum absolute atomic E-state index is 0.0207. The molecular formula is C38H40O13. The molecule has 0 amide bonds. The fraction of sp³-hybridized carbons (Fsp3) is 0.447. The number of esters is 5. The minimum atomic E-state index is -2.19. The summed E-state index contributed by atoms with van der Waals surface area (Å²) in [4.78, 5) is 65.6. The summed E-state index contributed by atoms with van der Waals surface area (Å²) < 4.78 is 39.3. The molecule has 7 atom stereocenters. The van der Waals surface area contributed by atoms with Gasteiger partial charge in [0.1, 0.15) is 5.76 Å². The molecule has 0 unspecified atom stereocenters. The normalized spacial score (nSPS) is 25.2. The third-order valence-corrected chi connectivity index (χ3v) is 9.68. The van der Waals surface area contributed by atoms with Crippen molar-refractivity contribution >= 4 is 29.8 Å². The maximum absolute atomic E-state index is 14.0. The van der Waals surface area contributed by atoms with Crippen LogP contribution in [0.15, 0.2) is 66.5 Å². The molecule has 1 N–H and O–H groups in total. The van der Waals surface area contributed by atoms with Crippen LogP contribution in [0.3, 0.4) is 0 Å². The maximum atomic E-state index is 14.0. The van der Waals surface area contributed by atoms with Crippen molar-refractivity contribution in [3.05, 3.63) is 83.1 Å². The van der Waals surface area contributed by atoms with E-state index in [4.69, 9.17) is 33.2 Å². The summed E-state index contributed by atoms with van der Waals surface area (Å²) >= 11 is 0. The predicted molar refractivity (Wildman–Crippen MR) is 176 cm³/mol. The van der Waals surface area contributed by atoms with Gasteiger partial charge >= 0.3 is 29.8 Å². The van der Waals surface area contributed by atoms with Gasteiger partial charge in [0.2, 0.25) is 18.3 Å². The molecule has 3 aliphatic carbocycles. The van der Waals surface area contributed by atoms with Crippen molar-refractivity contribution in [3.8, 4) is 11.5 Å². The summed E-state index contributed by atoms with van der Waals surface area (Å²) in [6.07, 6.45) is -0.319. The van der Waals surface area contributed by atoms with E-state index in [-0.39, 0.29) is 36.2 Å². The summed E-state index contributed by atoms with van der Waals surface area (Å²) in [5.74, 6) is -4.98. The van der Waals surface area contributed by atoms with Gasteiger partial charge in [-0.15, -0.1) is 0 Å². The Hall–Kier alpha value is -5.17. The molecule has 13 heteroatoms. The number of carbonyl (C=O) groups is 5. The van der Waals surface area contributed by atoms with Crippen LogP contribution in [0.2, 0.25) is 0 Å². The summed E-state index contributed by atoms with van der Waals surface area (Å²) in [6.45, 7) is 5.65. The Balaban J connectivity index is 1.32. The van der Waals surface area contributed by atoms with Gasteiger partial charge in [0.05, 0.1) is 24.7 Å². The molecule has 4 aliphatic rings. The molecule has 2 aromatic carbocycles. The van der Waals surface area contributed by atoms with E-state index in [0.717, 1.165) is 25.0 Å². The molecule has 6 rings (SSSR count). The van der Waals surface area contributed by atoms with Crippen LogP contribution in [-0.2, 0) is 59.5 Å². The van der Waals surface area contributed by atoms with Crippen molar-refractivity contribution in [1.29, 1.82) is 0 Å². The van der Waals surface area contributed by atoms with Gasteiger partial charge in [-0.2, -0.15) is 0 Å². The summed E-state index contributed by atoms with van der Waals surface area (Å²) in [5, 5.41) is 12.3. The molecule has 13 nitrogen and oxygen atoms in total. The zero-order valence-corrected chi connectivity index (χ0v) is 28.9. The van der Waals surface area contributed by atoms with E-state index in [2.05, 4.69) is 0 Å². The van der Waals surface area contributed by atoms with E-state index in [1.807, 2.05) is 32.1 Å². The number of ether oxygens (including phenoxy) is 7. The molecule has 1 heterocycles. The van der Waals surface area contributed by atoms with Crippen LogP contribution in [0.25, 0.3) is 0 Å². The van der Waals surface area contributed by atoms with Gasteiger partial charge in [-0.25, -0.2) is 14.4 Å². The largest absolute Gasteiger partial charge is 0.493 e. The smallest absolute Gasteiger partial charge is 0.357 e. The van der Waals surface area contributed by atoms with Gasteiger partial charge in [-0.05, 0) is 48.8 Å². The first-order valence-electron chi connectivity index (χ1n) is 16.8. The Kier molecular flexibility index (Phi) is 9.69. The summed E-state index contributed by atoms with van der Waals surface area (Å²) in [5.41, 5.74) is -0.496. The zero-order chi connectivity index (χ0) is 36.7. The Morgan fingerprint density at radius 2 is 1.61 bits per heavy atom. The van der Waals surface area contributed by atoms with E-state index in [1.165, 1.54) is 25.3 Å². The number of rotatable bonds is 12. The molecule has 2 aromatic rings. The highest BCUT2D eigenvalue weighted by Crippen LogP contribution is 2.65. The van der Waals surface area contributed by atoms with Gasteiger partial charge in [-0.3, -0.25) is 9.59 Å². The van der Waals surface area contributed by atoms with E-state index >= 15 is 0 Å². The summed E-state index contributed by atoms with van der Waals surface area (Å²) in [7, 11) is 1.50. The second-order valence-electron chi connectivity index (χ2n) is 13.5. The van der Waals surface area contributed by atoms with E-state index < -0.39 is 65.3 Å². The lowest BCUT2D eigenvalue weighted by atomic mass is 9.49. The van der Waals surface area contributed by atoms with Crippen LogP contribution >= 0.6 is 0 Å². The molecule has 51 heavy (non-hydrogen) atoms. The Morgan fingerprint density at radius 3 is 2.25 bits per heavy atom. The number of allylic oxidation sites excluding steroid dienone is 1. The minimum Gasteiger partial charge on any atom is -0.493 e. The van der Waals surface area contributed by atoms with Gasteiger partial charge in [0, 0.05) is 25.0 Å². The first-order chi connectivity index (χ1) is 24.3. The van der Waals surface area contributed by atoms with Crippen LogP contribution in [-0.4, -0.2) is 72.6 Å². The topological polar surface area (TPSA) is 170 Å². The molecule has 0 radical (unpaired) electrons. The monoisotopic (exact) mass is 704 g/mol. The number of aliphatic hydroxyl groups is 1. The van der Waals surface area contributed by atoms with E-state index in [9.17, 15) is 29.1 Å². The van der Waals surface area contributed by atoms with E-state index in [0.29, 0.717) is 24.3 Å². The Morgan fingerprint density at radius 1 is 0.922 bits per heavy atom. The molecular weight excluding hydrogens is 664 g/mol.